The number of rotatable bonds is 5. The summed E-state index contributed by atoms with van der Waals surface area (Å²) < 4.78 is 18.4. The van der Waals surface area contributed by atoms with Gasteiger partial charge in [0.1, 0.15) is 11.9 Å². The molecule has 130 valence electrons. The third-order valence-electron chi connectivity index (χ3n) is 4.04. The summed E-state index contributed by atoms with van der Waals surface area (Å²) >= 11 is 0. The average molecular weight is 348 g/mol. The molecule has 3 rings (SSSR count). The van der Waals surface area contributed by atoms with Crippen molar-refractivity contribution < 1.29 is 18.7 Å². The molecule has 0 amide bonds. The van der Waals surface area contributed by atoms with Crippen LogP contribution in [0.5, 0.6) is 0 Å². The van der Waals surface area contributed by atoms with Gasteiger partial charge >= 0.3 is 5.97 Å². The Hall–Kier alpha value is -3.27. The lowest BCUT2D eigenvalue weighted by Crippen LogP contribution is -2.10. The van der Waals surface area contributed by atoms with Crippen molar-refractivity contribution in [1.29, 1.82) is 0 Å². The van der Waals surface area contributed by atoms with Crippen molar-refractivity contribution in [3.8, 4) is 0 Å². The molecule has 3 aromatic carbocycles. The first kappa shape index (κ1) is 17.5. The summed E-state index contributed by atoms with van der Waals surface area (Å²) in [6, 6.07) is 21.1. The highest BCUT2D eigenvalue weighted by Gasteiger charge is 2.15. The van der Waals surface area contributed by atoms with E-state index in [0.29, 0.717) is 22.3 Å². The Morgan fingerprint density at radius 3 is 1.92 bits per heavy atom. The van der Waals surface area contributed by atoms with Gasteiger partial charge in [-0.15, -0.1) is 0 Å². The summed E-state index contributed by atoms with van der Waals surface area (Å²) in [7, 11) is 0. The number of benzene rings is 3. The van der Waals surface area contributed by atoms with E-state index in [0.717, 1.165) is 0 Å². The monoisotopic (exact) mass is 348 g/mol. The van der Waals surface area contributed by atoms with Crippen LogP contribution in [0.25, 0.3) is 0 Å². The Balaban J connectivity index is 1.69. The predicted molar refractivity (Wildman–Crippen MR) is 96.5 cm³/mol. The molecule has 0 saturated heterocycles. The highest BCUT2D eigenvalue weighted by molar-refractivity contribution is 6.09. The van der Waals surface area contributed by atoms with Crippen molar-refractivity contribution in [3.05, 3.63) is 107 Å². The van der Waals surface area contributed by atoms with E-state index in [4.69, 9.17) is 4.74 Å². The van der Waals surface area contributed by atoms with Crippen LogP contribution in [0.4, 0.5) is 4.39 Å². The van der Waals surface area contributed by atoms with Crippen LogP contribution in [0.1, 0.15) is 44.9 Å². The highest BCUT2D eigenvalue weighted by Crippen LogP contribution is 2.19. The second kappa shape index (κ2) is 7.74. The van der Waals surface area contributed by atoms with Gasteiger partial charge in [-0.2, -0.15) is 0 Å². The molecule has 3 aromatic rings. The quantitative estimate of drug-likeness (QED) is 0.483. The Labute approximate surface area is 151 Å². The molecule has 0 saturated carbocycles. The molecule has 0 aliphatic rings. The molecule has 0 aromatic heterocycles. The Kier molecular flexibility index (Phi) is 5.23. The minimum Gasteiger partial charge on any atom is -0.454 e. The van der Waals surface area contributed by atoms with E-state index >= 15 is 0 Å². The van der Waals surface area contributed by atoms with Gasteiger partial charge in [-0.05, 0) is 36.8 Å². The molecule has 0 bridgehead atoms. The number of hydrogen-bond donors (Lipinski definition) is 0. The maximum absolute atomic E-state index is 13.0. The number of esters is 1. The van der Waals surface area contributed by atoms with Crippen LogP contribution in [0.3, 0.4) is 0 Å². The second-order valence-electron chi connectivity index (χ2n) is 5.87. The average Bonchev–Trinajstić information content (AvgIpc) is 2.68. The summed E-state index contributed by atoms with van der Waals surface area (Å²) in [6.45, 7) is 1.72. The summed E-state index contributed by atoms with van der Waals surface area (Å²) in [5, 5.41) is 0. The molecule has 0 heterocycles. The number of ketones is 1. The van der Waals surface area contributed by atoms with Crippen LogP contribution in [0, 0.1) is 5.82 Å². The first-order valence-corrected chi connectivity index (χ1v) is 8.21. The van der Waals surface area contributed by atoms with Gasteiger partial charge in [0.15, 0.2) is 5.78 Å². The zero-order chi connectivity index (χ0) is 18.5. The maximum atomic E-state index is 13.0. The standard InChI is InChI=1S/C22H17FO3/c1-15(16-11-13-20(23)14-12-16)26-22(25)19-9-7-18(8-10-19)21(24)17-5-3-2-4-6-17/h2-15H,1H3/t15-/m0/s1. The number of hydrogen-bond acceptors (Lipinski definition) is 3. The van der Waals surface area contributed by atoms with E-state index in [2.05, 4.69) is 0 Å². The molecule has 0 aliphatic heterocycles. The van der Waals surface area contributed by atoms with Crippen molar-refractivity contribution in [2.45, 2.75) is 13.0 Å². The lowest BCUT2D eigenvalue weighted by molar-refractivity contribution is 0.0337. The van der Waals surface area contributed by atoms with Crippen LogP contribution >= 0.6 is 0 Å². The van der Waals surface area contributed by atoms with Crippen molar-refractivity contribution in [1.82, 2.24) is 0 Å². The summed E-state index contributed by atoms with van der Waals surface area (Å²) in [5.41, 5.74) is 2.14. The van der Waals surface area contributed by atoms with E-state index in [-0.39, 0.29) is 11.6 Å². The smallest absolute Gasteiger partial charge is 0.338 e. The van der Waals surface area contributed by atoms with Crippen molar-refractivity contribution in [3.63, 3.8) is 0 Å². The van der Waals surface area contributed by atoms with Crippen LogP contribution in [0.15, 0.2) is 78.9 Å². The SMILES string of the molecule is C[C@H](OC(=O)c1ccc(C(=O)c2ccccc2)cc1)c1ccc(F)cc1. The van der Waals surface area contributed by atoms with E-state index in [1.165, 1.54) is 12.1 Å². The summed E-state index contributed by atoms with van der Waals surface area (Å²) in [4.78, 5) is 24.6. The first-order chi connectivity index (χ1) is 12.5. The molecular formula is C22H17FO3. The number of carbonyl (C=O) groups is 2. The van der Waals surface area contributed by atoms with Gasteiger partial charge in [0.2, 0.25) is 0 Å². The Morgan fingerprint density at radius 2 is 1.31 bits per heavy atom. The van der Waals surface area contributed by atoms with Crippen molar-refractivity contribution in [2.75, 3.05) is 0 Å². The summed E-state index contributed by atoms with van der Waals surface area (Å²) in [5.74, 6) is -0.948. The van der Waals surface area contributed by atoms with E-state index in [9.17, 15) is 14.0 Å². The molecule has 4 heteroatoms. The molecule has 3 nitrogen and oxygen atoms in total. The highest BCUT2D eigenvalue weighted by atomic mass is 19.1. The predicted octanol–water partition coefficient (Wildman–Crippen LogP) is 4.97. The fourth-order valence-corrected chi connectivity index (χ4v) is 2.54. The van der Waals surface area contributed by atoms with Crippen molar-refractivity contribution in [2.24, 2.45) is 0 Å². The van der Waals surface area contributed by atoms with E-state index in [1.54, 1.807) is 67.6 Å². The van der Waals surface area contributed by atoms with Crippen molar-refractivity contribution >= 4 is 11.8 Å². The molecule has 0 spiro atoms. The van der Waals surface area contributed by atoms with Gasteiger partial charge in [0, 0.05) is 11.1 Å². The topological polar surface area (TPSA) is 43.4 Å². The van der Waals surface area contributed by atoms with Gasteiger partial charge in [-0.3, -0.25) is 4.79 Å². The normalized spacial score (nSPS) is 11.6. The van der Waals surface area contributed by atoms with Gasteiger partial charge in [0.25, 0.3) is 0 Å². The van der Waals surface area contributed by atoms with Crippen LogP contribution in [-0.4, -0.2) is 11.8 Å². The molecule has 1 atom stereocenters. The van der Waals surface area contributed by atoms with Gasteiger partial charge in [0.05, 0.1) is 5.56 Å². The van der Waals surface area contributed by atoms with Crippen LogP contribution in [0.2, 0.25) is 0 Å². The molecule has 0 unspecified atom stereocenters. The lowest BCUT2D eigenvalue weighted by Gasteiger charge is -2.13. The lowest BCUT2D eigenvalue weighted by atomic mass is 10.0. The third-order valence-corrected chi connectivity index (χ3v) is 4.04. The first-order valence-electron chi connectivity index (χ1n) is 8.21. The maximum Gasteiger partial charge on any atom is 0.338 e. The van der Waals surface area contributed by atoms with E-state index < -0.39 is 12.1 Å². The molecule has 0 aliphatic carbocycles. The van der Waals surface area contributed by atoms with Crippen LogP contribution in [-0.2, 0) is 4.74 Å². The molecule has 26 heavy (non-hydrogen) atoms. The minimum atomic E-state index is -0.506. The summed E-state index contributed by atoms with van der Waals surface area (Å²) in [6.07, 6.45) is -0.506. The molecule has 0 fully saturated rings. The fourth-order valence-electron chi connectivity index (χ4n) is 2.54. The fraction of sp³-hybridized carbons (Fsp3) is 0.0909. The number of ether oxygens (including phenoxy) is 1. The molecule has 0 N–H and O–H groups in total. The largest absolute Gasteiger partial charge is 0.454 e. The van der Waals surface area contributed by atoms with Gasteiger partial charge < -0.3 is 4.74 Å². The Morgan fingerprint density at radius 1 is 0.769 bits per heavy atom. The zero-order valence-electron chi connectivity index (χ0n) is 14.2. The second-order valence-corrected chi connectivity index (χ2v) is 5.87. The third kappa shape index (κ3) is 4.03. The number of halogens is 1. The number of carbonyl (C=O) groups excluding carboxylic acids is 2. The zero-order valence-corrected chi connectivity index (χ0v) is 14.2. The van der Waals surface area contributed by atoms with Gasteiger partial charge in [-0.1, -0.05) is 54.6 Å². The molecule has 0 radical (unpaired) electrons. The Bertz CT molecular complexity index is 900. The minimum absolute atomic E-state index is 0.106. The van der Waals surface area contributed by atoms with Gasteiger partial charge in [-0.25, -0.2) is 9.18 Å². The van der Waals surface area contributed by atoms with E-state index in [1.807, 2.05) is 6.07 Å². The molecular weight excluding hydrogens is 331 g/mol. The van der Waals surface area contributed by atoms with Crippen LogP contribution < -0.4 is 0 Å².